The molecule has 0 unspecified atom stereocenters. The number of hydrogen-bond donors (Lipinski definition) is 0. The van der Waals surface area contributed by atoms with Crippen molar-refractivity contribution >= 4 is 11.1 Å². The van der Waals surface area contributed by atoms with Crippen molar-refractivity contribution in [3.05, 3.63) is 179 Å². The van der Waals surface area contributed by atoms with Crippen LogP contribution in [0.25, 0.3) is 11.1 Å². The van der Waals surface area contributed by atoms with Gasteiger partial charge in [0.25, 0.3) is 0 Å². The van der Waals surface area contributed by atoms with E-state index in [0.717, 1.165) is 12.8 Å². The molecule has 0 bridgehead atoms. The van der Waals surface area contributed by atoms with Crippen LogP contribution in [0.2, 0.25) is 0 Å². The van der Waals surface area contributed by atoms with Crippen molar-refractivity contribution in [2.45, 2.75) is 25.2 Å². The molecule has 0 saturated carbocycles. The normalized spacial score (nSPS) is 14.7. The first-order chi connectivity index (χ1) is 17.8. The highest BCUT2D eigenvalue weighted by Crippen LogP contribution is 2.50. The second kappa shape index (κ2) is 9.47. The average Bonchev–Trinajstić information content (AvgIpc) is 3.66. The lowest BCUT2D eigenvalue weighted by Gasteiger charge is -2.39. The minimum Gasteiger partial charge on any atom is -0.0801 e. The summed E-state index contributed by atoms with van der Waals surface area (Å²) in [6, 6.07) is 38.1. The van der Waals surface area contributed by atoms with Crippen molar-refractivity contribution in [2.75, 3.05) is 0 Å². The maximum Gasteiger partial charge on any atom is 0.0707 e. The molecular weight excluding hydrogens is 432 g/mol. The van der Waals surface area contributed by atoms with E-state index in [-0.39, 0.29) is 0 Å². The number of aryl methyl sites for hydroxylation is 1. The Morgan fingerprint density at radius 2 is 1.14 bits per heavy atom. The molecule has 0 saturated heterocycles. The van der Waals surface area contributed by atoms with Gasteiger partial charge < -0.3 is 0 Å². The van der Waals surface area contributed by atoms with Crippen molar-refractivity contribution in [3.8, 4) is 0 Å². The summed E-state index contributed by atoms with van der Waals surface area (Å²) in [5, 5.41) is 0. The summed E-state index contributed by atoms with van der Waals surface area (Å²) < 4.78 is 0. The lowest BCUT2D eigenvalue weighted by Crippen LogP contribution is -2.32. The third-order valence-corrected chi connectivity index (χ3v) is 7.54. The molecule has 6 rings (SSSR count). The molecule has 0 aromatic heterocycles. The SMILES string of the molecule is Cc1cccc(C(c2ccccc2)(c2ccccc2)c2cccc(C3=CC=CC3)c2C2=CC=CC2)c1. The predicted molar refractivity (Wildman–Crippen MR) is 153 cm³/mol. The van der Waals surface area contributed by atoms with Crippen LogP contribution < -0.4 is 0 Å². The average molecular weight is 463 g/mol. The zero-order chi connectivity index (χ0) is 24.4. The van der Waals surface area contributed by atoms with Crippen molar-refractivity contribution in [3.63, 3.8) is 0 Å². The number of benzene rings is 4. The molecule has 0 amide bonds. The summed E-state index contributed by atoms with van der Waals surface area (Å²) in [7, 11) is 0. The molecular formula is C36H30. The van der Waals surface area contributed by atoms with Gasteiger partial charge in [0.05, 0.1) is 5.41 Å². The van der Waals surface area contributed by atoms with Crippen molar-refractivity contribution < 1.29 is 0 Å². The Balaban J connectivity index is 1.78. The van der Waals surface area contributed by atoms with E-state index in [1.165, 1.54) is 50.1 Å². The molecule has 0 atom stereocenters. The third-order valence-electron chi connectivity index (χ3n) is 7.54. The molecule has 174 valence electrons. The van der Waals surface area contributed by atoms with Crippen LogP contribution in [0, 0.1) is 6.92 Å². The molecule has 0 N–H and O–H groups in total. The lowest BCUT2D eigenvalue weighted by atomic mass is 9.62. The van der Waals surface area contributed by atoms with Gasteiger partial charge in [0.15, 0.2) is 0 Å². The van der Waals surface area contributed by atoms with E-state index < -0.39 is 5.41 Å². The van der Waals surface area contributed by atoms with Crippen LogP contribution in [0.15, 0.2) is 140 Å². The van der Waals surface area contributed by atoms with Gasteiger partial charge >= 0.3 is 0 Å². The second-order valence-electron chi connectivity index (χ2n) is 9.73. The zero-order valence-electron chi connectivity index (χ0n) is 20.7. The lowest BCUT2D eigenvalue weighted by molar-refractivity contribution is 0.740. The van der Waals surface area contributed by atoms with Crippen molar-refractivity contribution in [2.24, 2.45) is 0 Å². The van der Waals surface area contributed by atoms with Crippen LogP contribution in [-0.4, -0.2) is 0 Å². The molecule has 0 nitrogen and oxygen atoms in total. The fourth-order valence-electron chi connectivity index (χ4n) is 5.98. The van der Waals surface area contributed by atoms with Gasteiger partial charge in [-0.25, -0.2) is 0 Å². The molecule has 0 heteroatoms. The number of hydrogen-bond acceptors (Lipinski definition) is 0. The van der Waals surface area contributed by atoms with Gasteiger partial charge in [0.2, 0.25) is 0 Å². The molecule has 0 heterocycles. The second-order valence-corrected chi connectivity index (χ2v) is 9.73. The van der Waals surface area contributed by atoms with Crippen LogP contribution in [0.4, 0.5) is 0 Å². The van der Waals surface area contributed by atoms with Gasteiger partial charge in [-0.3, -0.25) is 0 Å². The first-order valence-electron chi connectivity index (χ1n) is 12.8. The molecule has 36 heavy (non-hydrogen) atoms. The topological polar surface area (TPSA) is 0 Å². The highest BCUT2D eigenvalue weighted by Gasteiger charge is 2.41. The monoisotopic (exact) mass is 462 g/mol. The van der Waals surface area contributed by atoms with Crippen molar-refractivity contribution in [1.82, 2.24) is 0 Å². The Morgan fingerprint density at radius 3 is 1.72 bits per heavy atom. The predicted octanol–water partition coefficient (Wildman–Crippen LogP) is 9.06. The van der Waals surface area contributed by atoms with Gasteiger partial charge in [-0.1, -0.05) is 145 Å². The van der Waals surface area contributed by atoms with Crippen LogP contribution in [0.1, 0.15) is 51.8 Å². The highest BCUT2D eigenvalue weighted by molar-refractivity contribution is 5.87. The van der Waals surface area contributed by atoms with Crippen LogP contribution >= 0.6 is 0 Å². The Morgan fingerprint density at radius 1 is 0.556 bits per heavy atom. The van der Waals surface area contributed by atoms with Crippen LogP contribution in [0.3, 0.4) is 0 Å². The Bertz CT molecular complexity index is 1470. The van der Waals surface area contributed by atoms with E-state index in [1.54, 1.807) is 0 Å². The molecule has 0 aliphatic heterocycles. The van der Waals surface area contributed by atoms with E-state index in [0.29, 0.717) is 0 Å². The van der Waals surface area contributed by atoms with Gasteiger partial charge in [0.1, 0.15) is 0 Å². The fourth-order valence-corrected chi connectivity index (χ4v) is 5.98. The molecule has 4 aromatic rings. The Kier molecular flexibility index (Phi) is 5.87. The van der Waals surface area contributed by atoms with E-state index >= 15 is 0 Å². The molecule has 2 aliphatic rings. The van der Waals surface area contributed by atoms with E-state index in [4.69, 9.17) is 0 Å². The molecule has 4 aromatic carbocycles. The number of rotatable bonds is 6. The van der Waals surface area contributed by atoms with Gasteiger partial charge in [-0.05, 0) is 64.3 Å². The first kappa shape index (κ1) is 22.3. The van der Waals surface area contributed by atoms with Crippen LogP contribution in [0.5, 0.6) is 0 Å². The summed E-state index contributed by atoms with van der Waals surface area (Å²) in [6.07, 6.45) is 15.5. The summed E-state index contributed by atoms with van der Waals surface area (Å²) in [5.74, 6) is 0. The Hall–Kier alpha value is -4.16. The maximum atomic E-state index is 2.37. The van der Waals surface area contributed by atoms with Crippen LogP contribution in [-0.2, 0) is 5.41 Å². The summed E-state index contributed by atoms with van der Waals surface area (Å²) >= 11 is 0. The summed E-state index contributed by atoms with van der Waals surface area (Å²) in [4.78, 5) is 0. The first-order valence-corrected chi connectivity index (χ1v) is 12.8. The smallest absolute Gasteiger partial charge is 0.0707 e. The van der Waals surface area contributed by atoms with Crippen molar-refractivity contribution in [1.29, 1.82) is 0 Å². The molecule has 0 radical (unpaired) electrons. The molecule has 2 aliphatic carbocycles. The van der Waals surface area contributed by atoms with Gasteiger partial charge in [-0.15, -0.1) is 0 Å². The highest BCUT2D eigenvalue weighted by atomic mass is 14.4. The third kappa shape index (κ3) is 3.71. The largest absolute Gasteiger partial charge is 0.0801 e. The Labute approximate surface area is 214 Å². The number of allylic oxidation sites excluding steroid dienone is 8. The van der Waals surface area contributed by atoms with E-state index in [1.807, 2.05) is 0 Å². The van der Waals surface area contributed by atoms with E-state index in [9.17, 15) is 0 Å². The minimum atomic E-state index is -0.462. The zero-order valence-corrected chi connectivity index (χ0v) is 20.7. The summed E-state index contributed by atoms with van der Waals surface area (Å²) in [5.41, 5.74) is 11.5. The fraction of sp³-hybridized carbons (Fsp3) is 0.111. The minimum absolute atomic E-state index is 0.462. The van der Waals surface area contributed by atoms with E-state index in [2.05, 4.69) is 147 Å². The maximum absolute atomic E-state index is 2.37. The summed E-state index contributed by atoms with van der Waals surface area (Å²) in [6.45, 7) is 2.19. The quantitative estimate of drug-likeness (QED) is 0.251. The van der Waals surface area contributed by atoms with Gasteiger partial charge in [-0.2, -0.15) is 0 Å². The standard InChI is InChI=1S/C36H30/c1-27-14-12-23-32(26-27)36(30-19-4-2-5-20-30,31-21-6-3-7-22-31)34-25-13-24-33(28-15-8-9-16-28)35(34)29-17-10-11-18-29/h2-15,17,19-26H,16,18H2,1H3. The van der Waals surface area contributed by atoms with Gasteiger partial charge in [0, 0.05) is 0 Å². The molecule has 0 fully saturated rings. The molecule has 0 spiro atoms.